The summed E-state index contributed by atoms with van der Waals surface area (Å²) in [7, 11) is 0. The van der Waals surface area contributed by atoms with Crippen LogP contribution in [0.15, 0.2) is 53.5 Å². The number of benzene rings is 2. The van der Waals surface area contributed by atoms with E-state index in [2.05, 4.69) is 10.3 Å². The predicted molar refractivity (Wildman–Crippen MR) is 72.7 cm³/mol. The van der Waals surface area contributed by atoms with Gasteiger partial charge in [0.05, 0.1) is 11.4 Å². The third-order valence-electron chi connectivity index (χ3n) is 3.01. The molecule has 1 N–H and O–H groups in total. The number of fused-ring (bicyclic) bond motifs is 1. The van der Waals surface area contributed by atoms with E-state index in [-0.39, 0.29) is 17.2 Å². The lowest BCUT2D eigenvalue weighted by molar-refractivity contribution is -0.110. The van der Waals surface area contributed by atoms with Crippen molar-refractivity contribution in [3.05, 3.63) is 59.7 Å². The summed E-state index contributed by atoms with van der Waals surface area (Å²) in [5.74, 6) is -0.325. The highest BCUT2D eigenvalue weighted by Gasteiger charge is 2.25. The van der Waals surface area contributed by atoms with Crippen molar-refractivity contribution in [2.45, 2.75) is 6.43 Å². The van der Waals surface area contributed by atoms with Gasteiger partial charge in [0, 0.05) is 11.1 Å². The number of alkyl halides is 2. The maximum atomic E-state index is 12.6. The summed E-state index contributed by atoms with van der Waals surface area (Å²) in [6.07, 6.45) is -2.56. The van der Waals surface area contributed by atoms with E-state index in [1.807, 2.05) is 0 Å². The van der Waals surface area contributed by atoms with E-state index >= 15 is 0 Å². The molecule has 1 heterocycles. The van der Waals surface area contributed by atoms with Gasteiger partial charge in [-0.3, -0.25) is 4.79 Å². The molecule has 0 bridgehead atoms. The molecule has 2 aromatic carbocycles. The Balaban J connectivity index is 2.04. The normalized spacial score (nSPS) is 15.6. The lowest BCUT2D eigenvalue weighted by atomic mass is 10.1. The molecule has 0 aromatic heterocycles. The Kier molecular flexibility index (Phi) is 3.02. The second-order valence-corrected chi connectivity index (χ2v) is 4.36. The highest BCUT2D eigenvalue weighted by Crippen LogP contribution is 2.27. The highest BCUT2D eigenvalue weighted by molar-refractivity contribution is 6.54. The van der Waals surface area contributed by atoms with Crippen molar-refractivity contribution in [2.24, 2.45) is 4.99 Å². The summed E-state index contributed by atoms with van der Waals surface area (Å²) in [5.41, 5.74) is 1.83. The third-order valence-corrected chi connectivity index (χ3v) is 3.01. The van der Waals surface area contributed by atoms with E-state index in [4.69, 9.17) is 0 Å². The Morgan fingerprint density at radius 2 is 1.85 bits per heavy atom. The summed E-state index contributed by atoms with van der Waals surface area (Å²) < 4.78 is 25.3. The van der Waals surface area contributed by atoms with Crippen LogP contribution in [-0.2, 0) is 4.79 Å². The fourth-order valence-corrected chi connectivity index (χ4v) is 2.07. The Morgan fingerprint density at radius 3 is 2.65 bits per heavy atom. The van der Waals surface area contributed by atoms with Gasteiger partial charge in [-0.05, 0) is 18.2 Å². The van der Waals surface area contributed by atoms with Crippen molar-refractivity contribution in [3.8, 4) is 0 Å². The van der Waals surface area contributed by atoms with Crippen LogP contribution in [0.25, 0.3) is 0 Å². The van der Waals surface area contributed by atoms with Gasteiger partial charge in [-0.2, -0.15) is 0 Å². The minimum atomic E-state index is -2.56. The molecule has 0 fully saturated rings. The monoisotopic (exact) mass is 272 g/mol. The fraction of sp³-hybridized carbons (Fsp3) is 0.0667. The third kappa shape index (κ3) is 2.18. The van der Waals surface area contributed by atoms with Crippen molar-refractivity contribution < 1.29 is 13.6 Å². The van der Waals surface area contributed by atoms with E-state index in [1.165, 1.54) is 18.2 Å². The van der Waals surface area contributed by atoms with Crippen molar-refractivity contribution in [1.29, 1.82) is 0 Å². The van der Waals surface area contributed by atoms with Crippen molar-refractivity contribution >= 4 is 23.0 Å². The Labute approximate surface area is 114 Å². The zero-order valence-corrected chi connectivity index (χ0v) is 10.3. The molecule has 0 spiro atoms. The Hall–Kier alpha value is -2.56. The summed E-state index contributed by atoms with van der Waals surface area (Å²) in [6.45, 7) is 0. The fourth-order valence-electron chi connectivity index (χ4n) is 2.07. The first-order valence-corrected chi connectivity index (χ1v) is 6.03. The number of carbonyl (C=O) groups excluding carboxylic acids is 1. The number of nitrogens with zero attached hydrogens (tertiary/aromatic N) is 1. The number of anilines is 1. The minimum Gasteiger partial charge on any atom is -0.320 e. The summed E-state index contributed by atoms with van der Waals surface area (Å²) in [4.78, 5) is 16.1. The SMILES string of the molecule is O=C1Nc2ccccc2/C1=N\c1cccc(C(F)F)c1. The molecule has 5 heteroatoms. The zero-order chi connectivity index (χ0) is 14.1. The number of hydrogen-bond acceptors (Lipinski definition) is 2. The largest absolute Gasteiger partial charge is 0.320 e. The van der Waals surface area contributed by atoms with E-state index in [0.29, 0.717) is 16.9 Å². The average Bonchev–Trinajstić information content (AvgIpc) is 2.76. The first kappa shape index (κ1) is 12.5. The van der Waals surface area contributed by atoms with Crippen LogP contribution in [-0.4, -0.2) is 11.6 Å². The molecule has 0 radical (unpaired) electrons. The van der Waals surface area contributed by atoms with Gasteiger partial charge in [-0.15, -0.1) is 0 Å². The van der Waals surface area contributed by atoms with Crippen molar-refractivity contribution in [1.82, 2.24) is 0 Å². The van der Waals surface area contributed by atoms with Crippen LogP contribution in [0.1, 0.15) is 17.6 Å². The van der Waals surface area contributed by atoms with Crippen LogP contribution >= 0.6 is 0 Å². The van der Waals surface area contributed by atoms with E-state index < -0.39 is 6.43 Å². The Morgan fingerprint density at radius 1 is 1.05 bits per heavy atom. The molecule has 0 saturated carbocycles. The van der Waals surface area contributed by atoms with Gasteiger partial charge >= 0.3 is 0 Å². The van der Waals surface area contributed by atoms with E-state index in [9.17, 15) is 13.6 Å². The molecule has 1 aliphatic heterocycles. The van der Waals surface area contributed by atoms with Gasteiger partial charge < -0.3 is 5.32 Å². The molecular formula is C15H10F2N2O. The van der Waals surface area contributed by atoms with Crippen LogP contribution in [0, 0.1) is 0 Å². The average molecular weight is 272 g/mol. The molecule has 1 amide bonds. The van der Waals surface area contributed by atoms with Crippen LogP contribution in [0.3, 0.4) is 0 Å². The van der Waals surface area contributed by atoms with E-state index in [0.717, 1.165) is 0 Å². The quantitative estimate of drug-likeness (QED) is 0.889. The number of nitrogens with one attached hydrogen (secondary N) is 1. The number of para-hydroxylation sites is 1. The first-order chi connectivity index (χ1) is 9.65. The van der Waals surface area contributed by atoms with E-state index in [1.54, 1.807) is 30.3 Å². The molecule has 100 valence electrons. The molecule has 0 atom stereocenters. The van der Waals surface area contributed by atoms with Gasteiger partial charge in [0.25, 0.3) is 12.3 Å². The van der Waals surface area contributed by atoms with Crippen LogP contribution in [0.2, 0.25) is 0 Å². The number of aliphatic imine (C=N–C) groups is 1. The summed E-state index contributed by atoms with van der Waals surface area (Å²) >= 11 is 0. The topological polar surface area (TPSA) is 41.5 Å². The van der Waals surface area contributed by atoms with Crippen LogP contribution < -0.4 is 5.32 Å². The van der Waals surface area contributed by atoms with Gasteiger partial charge in [0.1, 0.15) is 5.71 Å². The molecule has 3 nitrogen and oxygen atoms in total. The van der Waals surface area contributed by atoms with Gasteiger partial charge in [-0.25, -0.2) is 13.8 Å². The minimum absolute atomic E-state index is 0.112. The lowest BCUT2D eigenvalue weighted by Gasteiger charge is -2.01. The number of halogens is 2. The number of hydrogen-bond donors (Lipinski definition) is 1. The first-order valence-electron chi connectivity index (χ1n) is 6.03. The predicted octanol–water partition coefficient (Wildman–Crippen LogP) is 3.70. The van der Waals surface area contributed by atoms with Gasteiger partial charge in [0.15, 0.2) is 0 Å². The second kappa shape index (κ2) is 4.85. The van der Waals surface area contributed by atoms with Crippen LogP contribution in [0.4, 0.5) is 20.2 Å². The number of rotatable bonds is 2. The molecule has 3 rings (SSSR count). The molecule has 2 aromatic rings. The molecule has 20 heavy (non-hydrogen) atoms. The standard InChI is InChI=1S/C15H10F2N2O/c16-14(17)9-4-3-5-10(8-9)18-13-11-6-1-2-7-12(11)19-15(13)20/h1-8,14H,(H,18,19,20). The molecule has 0 unspecified atom stereocenters. The second-order valence-electron chi connectivity index (χ2n) is 4.36. The maximum Gasteiger partial charge on any atom is 0.275 e. The summed E-state index contributed by atoms with van der Waals surface area (Å²) in [6, 6.07) is 12.8. The molecular weight excluding hydrogens is 262 g/mol. The Bertz CT molecular complexity index is 711. The maximum absolute atomic E-state index is 12.6. The van der Waals surface area contributed by atoms with Gasteiger partial charge in [-0.1, -0.05) is 30.3 Å². The molecule has 0 aliphatic carbocycles. The number of carbonyl (C=O) groups is 1. The molecule has 1 aliphatic rings. The molecule has 0 saturated heterocycles. The van der Waals surface area contributed by atoms with Gasteiger partial charge in [0.2, 0.25) is 0 Å². The summed E-state index contributed by atoms with van der Waals surface area (Å²) in [5, 5.41) is 2.69. The smallest absolute Gasteiger partial charge is 0.275 e. The van der Waals surface area contributed by atoms with Crippen LogP contribution in [0.5, 0.6) is 0 Å². The highest BCUT2D eigenvalue weighted by atomic mass is 19.3. The van der Waals surface area contributed by atoms with Crippen molar-refractivity contribution in [2.75, 3.05) is 5.32 Å². The lowest BCUT2D eigenvalue weighted by Crippen LogP contribution is -2.13. The number of amides is 1. The zero-order valence-electron chi connectivity index (χ0n) is 10.3. The van der Waals surface area contributed by atoms with Crippen molar-refractivity contribution in [3.63, 3.8) is 0 Å².